The highest BCUT2D eigenvalue weighted by molar-refractivity contribution is 5.59. The van der Waals surface area contributed by atoms with Crippen LogP contribution in [0.15, 0.2) is 42.5 Å². The Balaban J connectivity index is 2.02. The van der Waals surface area contributed by atoms with Crippen LogP contribution < -0.4 is 5.32 Å². The number of nitro groups is 1. The molecule has 0 bridgehead atoms. The molecule has 0 saturated heterocycles. The fourth-order valence-electron chi connectivity index (χ4n) is 1.93. The number of halogens is 1. The Kier molecular flexibility index (Phi) is 4.46. The highest BCUT2D eigenvalue weighted by Crippen LogP contribution is 2.22. The minimum Gasteiger partial charge on any atom is -0.385 e. The maximum absolute atomic E-state index is 13.0. The van der Waals surface area contributed by atoms with Crippen molar-refractivity contribution in [3.8, 4) is 6.07 Å². The number of anilines is 1. The summed E-state index contributed by atoms with van der Waals surface area (Å²) in [5.41, 5.74) is 1.19. The van der Waals surface area contributed by atoms with Gasteiger partial charge in [-0.2, -0.15) is 5.26 Å². The number of nitriles is 1. The van der Waals surface area contributed by atoms with Crippen molar-refractivity contribution >= 4 is 11.4 Å². The first-order valence-electron chi connectivity index (χ1n) is 6.27. The third kappa shape index (κ3) is 3.76. The van der Waals surface area contributed by atoms with E-state index in [-0.39, 0.29) is 17.1 Å². The Labute approximate surface area is 120 Å². The fourth-order valence-corrected chi connectivity index (χ4v) is 1.93. The molecular weight excluding hydrogens is 273 g/mol. The highest BCUT2D eigenvalue weighted by atomic mass is 19.1. The van der Waals surface area contributed by atoms with E-state index >= 15 is 0 Å². The summed E-state index contributed by atoms with van der Waals surface area (Å²) in [6.07, 6.45) is 0.589. The summed E-state index contributed by atoms with van der Waals surface area (Å²) in [5.74, 6) is -0.290. The number of rotatable bonds is 5. The van der Waals surface area contributed by atoms with Gasteiger partial charge in [0.25, 0.3) is 5.69 Å². The van der Waals surface area contributed by atoms with Crippen molar-refractivity contribution in [1.82, 2.24) is 0 Å². The van der Waals surface area contributed by atoms with E-state index in [1.165, 1.54) is 24.3 Å². The summed E-state index contributed by atoms with van der Waals surface area (Å²) in [5, 5.41) is 22.7. The van der Waals surface area contributed by atoms with Gasteiger partial charge in [-0.1, -0.05) is 12.1 Å². The van der Waals surface area contributed by atoms with Crippen LogP contribution in [0.25, 0.3) is 0 Å². The Morgan fingerprint density at radius 2 is 2.10 bits per heavy atom. The summed E-state index contributed by atoms with van der Waals surface area (Å²) in [7, 11) is 0. The number of nitro benzene ring substituents is 1. The maximum Gasteiger partial charge on any atom is 0.289 e. The normalized spacial score (nSPS) is 9.90. The molecule has 0 atom stereocenters. The Hall–Kier alpha value is -2.94. The van der Waals surface area contributed by atoms with Crippen molar-refractivity contribution in [3.63, 3.8) is 0 Å². The topological polar surface area (TPSA) is 79.0 Å². The smallest absolute Gasteiger partial charge is 0.289 e. The SMILES string of the molecule is N#Cc1ccc(NCCc2cccc(F)c2)cc1[N+](=O)[O-]. The summed E-state index contributed by atoms with van der Waals surface area (Å²) < 4.78 is 13.0. The molecule has 0 saturated carbocycles. The zero-order chi connectivity index (χ0) is 15.2. The lowest BCUT2D eigenvalue weighted by molar-refractivity contribution is -0.385. The molecule has 21 heavy (non-hydrogen) atoms. The molecule has 0 aliphatic rings. The molecule has 0 aliphatic carbocycles. The second-order valence-electron chi connectivity index (χ2n) is 4.41. The second-order valence-corrected chi connectivity index (χ2v) is 4.41. The molecule has 0 aliphatic heterocycles. The lowest BCUT2D eigenvalue weighted by atomic mass is 10.1. The number of hydrogen-bond donors (Lipinski definition) is 1. The first-order chi connectivity index (χ1) is 10.1. The van der Waals surface area contributed by atoms with Crippen LogP contribution in [0.2, 0.25) is 0 Å². The molecule has 0 fully saturated rings. The van der Waals surface area contributed by atoms with Crippen molar-refractivity contribution < 1.29 is 9.31 Å². The van der Waals surface area contributed by atoms with E-state index in [4.69, 9.17) is 5.26 Å². The van der Waals surface area contributed by atoms with Crippen LogP contribution in [-0.4, -0.2) is 11.5 Å². The lowest BCUT2D eigenvalue weighted by Crippen LogP contribution is -2.05. The van der Waals surface area contributed by atoms with Crippen molar-refractivity contribution in [2.45, 2.75) is 6.42 Å². The standard InChI is InChI=1S/C15H12FN3O2/c16-13-3-1-2-11(8-13)6-7-18-14-5-4-12(10-17)15(9-14)19(20)21/h1-5,8-9,18H,6-7H2. The predicted octanol–water partition coefficient (Wildman–Crippen LogP) is 3.26. The summed E-state index contributed by atoms with van der Waals surface area (Å²) >= 11 is 0. The molecule has 0 aromatic heterocycles. The Bertz CT molecular complexity index is 710. The summed E-state index contributed by atoms with van der Waals surface area (Å²) in [6, 6.07) is 12.4. The van der Waals surface area contributed by atoms with Crippen LogP contribution in [0.4, 0.5) is 15.8 Å². The molecule has 0 heterocycles. The van der Waals surface area contributed by atoms with E-state index in [9.17, 15) is 14.5 Å². The molecule has 2 aromatic carbocycles. The maximum atomic E-state index is 13.0. The number of nitrogens with zero attached hydrogens (tertiary/aromatic N) is 2. The van der Waals surface area contributed by atoms with Gasteiger partial charge in [-0.3, -0.25) is 10.1 Å². The first kappa shape index (κ1) is 14.5. The second kappa shape index (κ2) is 6.48. The molecule has 0 amide bonds. The van der Waals surface area contributed by atoms with Crippen molar-refractivity contribution in [2.75, 3.05) is 11.9 Å². The first-order valence-corrected chi connectivity index (χ1v) is 6.27. The van der Waals surface area contributed by atoms with Gasteiger partial charge in [0.2, 0.25) is 0 Å². The molecule has 106 valence electrons. The third-order valence-electron chi connectivity index (χ3n) is 2.95. The van der Waals surface area contributed by atoms with E-state index < -0.39 is 4.92 Å². The van der Waals surface area contributed by atoms with Gasteiger partial charge in [-0.05, 0) is 36.2 Å². The van der Waals surface area contributed by atoms with Crippen LogP contribution in [0.5, 0.6) is 0 Å². The number of hydrogen-bond acceptors (Lipinski definition) is 4. The number of nitrogens with one attached hydrogen (secondary N) is 1. The van der Waals surface area contributed by atoms with Gasteiger partial charge in [0, 0.05) is 18.3 Å². The quantitative estimate of drug-likeness (QED) is 0.675. The monoisotopic (exact) mass is 285 g/mol. The minimum atomic E-state index is -0.587. The molecule has 0 radical (unpaired) electrons. The van der Waals surface area contributed by atoms with Crippen LogP contribution in [-0.2, 0) is 6.42 Å². The molecule has 0 spiro atoms. The van der Waals surface area contributed by atoms with Gasteiger partial charge in [-0.25, -0.2) is 4.39 Å². The van der Waals surface area contributed by atoms with Gasteiger partial charge < -0.3 is 5.32 Å². The summed E-state index contributed by atoms with van der Waals surface area (Å²) in [6.45, 7) is 0.506. The fraction of sp³-hybridized carbons (Fsp3) is 0.133. The average molecular weight is 285 g/mol. The lowest BCUT2D eigenvalue weighted by Gasteiger charge is -2.07. The van der Waals surface area contributed by atoms with Gasteiger partial charge in [0.1, 0.15) is 17.4 Å². The van der Waals surface area contributed by atoms with Crippen LogP contribution in [0, 0.1) is 27.3 Å². The average Bonchev–Trinajstić information content (AvgIpc) is 2.47. The Morgan fingerprint density at radius 1 is 1.29 bits per heavy atom. The van der Waals surface area contributed by atoms with E-state index in [2.05, 4.69) is 5.32 Å². The molecule has 2 aromatic rings. The van der Waals surface area contributed by atoms with E-state index in [1.807, 2.05) is 6.07 Å². The highest BCUT2D eigenvalue weighted by Gasteiger charge is 2.13. The molecule has 5 nitrogen and oxygen atoms in total. The molecule has 6 heteroatoms. The molecular formula is C15H12FN3O2. The van der Waals surface area contributed by atoms with Gasteiger partial charge in [0.15, 0.2) is 0 Å². The van der Waals surface area contributed by atoms with Gasteiger partial charge in [-0.15, -0.1) is 0 Å². The minimum absolute atomic E-state index is 0.0238. The predicted molar refractivity (Wildman–Crippen MR) is 76.4 cm³/mol. The third-order valence-corrected chi connectivity index (χ3v) is 2.95. The van der Waals surface area contributed by atoms with E-state index in [1.54, 1.807) is 18.2 Å². The zero-order valence-electron chi connectivity index (χ0n) is 11.0. The summed E-state index contributed by atoms with van der Waals surface area (Å²) in [4.78, 5) is 10.3. The van der Waals surface area contributed by atoms with Crippen molar-refractivity contribution in [1.29, 1.82) is 5.26 Å². The Morgan fingerprint density at radius 3 is 2.76 bits per heavy atom. The van der Waals surface area contributed by atoms with Crippen LogP contribution >= 0.6 is 0 Å². The van der Waals surface area contributed by atoms with Crippen LogP contribution in [0.1, 0.15) is 11.1 Å². The molecule has 2 rings (SSSR count). The zero-order valence-corrected chi connectivity index (χ0v) is 11.0. The van der Waals surface area contributed by atoms with E-state index in [0.29, 0.717) is 18.7 Å². The molecule has 0 unspecified atom stereocenters. The largest absolute Gasteiger partial charge is 0.385 e. The van der Waals surface area contributed by atoms with E-state index in [0.717, 1.165) is 5.56 Å². The molecule has 1 N–H and O–H groups in total. The van der Waals surface area contributed by atoms with Crippen molar-refractivity contribution in [3.05, 3.63) is 69.5 Å². The van der Waals surface area contributed by atoms with Gasteiger partial charge in [0.05, 0.1) is 4.92 Å². The van der Waals surface area contributed by atoms with Gasteiger partial charge >= 0.3 is 0 Å². The number of benzene rings is 2. The van der Waals surface area contributed by atoms with Crippen molar-refractivity contribution in [2.24, 2.45) is 0 Å². The van der Waals surface area contributed by atoms with Crippen LogP contribution in [0.3, 0.4) is 0 Å².